The lowest BCUT2D eigenvalue weighted by atomic mass is 10.1. The number of oxime groups is 1. The Morgan fingerprint density at radius 3 is 2.30 bits per heavy atom. The van der Waals surface area contributed by atoms with Gasteiger partial charge in [-0.15, -0.1) is 0 Å². The molecular weight excluding hydrogens is 432 g/mol. The first kappa shape index (κ1) is 24.2. The van der Waals surface area contributed by atoms with Crippen LogP contribution in [-0.4, -0.2) is 25.5 Å². The fourth-order valence-corrected chi connectivity index (χ4v) is 2.89. The molecule has 0 aliphatic carbocycles. The monoisotopic (exact) mass is 455 g/mol. The van der Waals surface area contributed by atoms with E-state index in [1.54, 1.807) is 12.1 Å². The zero-order valence-corrected chi connectivity index (χ0v) is 18.8. The van der Waals surface area contributed by atoms with Gasteiger partial charge in [0.2, 0.25) is 0 Å². The molecule has 0 atom stereocenters. The third-order valence-corrected chi connectivity index (χ3v) is 4.13. The Balaban J connectivity index is 2.35. The van der Waals surface area contributed by atoms with E-state index in [1.807, 2.05) is 6.92 Å². The van der Waals surface area contributed by atoms with Gasteiger partial charge in [-0.2, -0.15) is 0 Å². The van der Waals surface area contributed by atoms with Crippen LogP contribution in [0.15, 0.2) is 27.9 Å². The van der Waals surface area contributed by atoms with E-state index in [0.717, 1.165) is 25.0 Å². The lowest BCUT2D eigenvalue weighted by Gasteiger charge is -2.12. The Bertz CT molecular complexity index is 621. The minimum Gasteiger partial charge on any atom is -0.490 e. The Kier molecular flexibility index (Phi) is 12.0. The van der Waals surface area contributed by atoms with E-state index < -0.39 is 0 Å². The van der Waals surface area contributed by atoms with Crippen LogP contribution in [0.4, 0.5) is 0 Å². The second-order valence-corrected chi connectivity index (χ2v) is 8.16. The van der Waals surface area contributed by atoms with Crippen LogP contribution in [0.25, 0.3) is 0 Å². The van der Waals surface area contributed by atoms with E-state index in [1.165, 1.54) is 6.08 Å². The van der Waals surface area contributed by atoms with Crippen LogP contribution in [0.5, 0.6) is 11.5 Å². The molecule has 0 spiro atoms. The van der Waals surface area contributed by atoms with Gasteiger partial charge >= 0.3 is 0 Å². The second-order valence-electron chi connectivity index (χ2n) is 6.33. The van der Waals surface area contributed by atoms with Gasteiger partial charge < -0.3 is 14.3 Å². The van der Waals surface area contributed by atoms with Crippen LogP contribution in [0.3, 0.4) is 0 Å². The predicted octanol–water partition coefficient (Wildman–Crippen LogP) is 7.29. The Morgan fingerprint density at radius 1 is 1.07 bits per heavy atom. The number of benzene rings is 1. The van der Waals surface area contributed by atoms with E-state index in [2.05, 4.69) is 19.0 Å². The Hall–Kier alpha value is -0.810. The highest BCUT2D eigenvalue weighted by molar-refractivity contribution is 6.55. The molecule has 0 aliphatic heterocycles. The largest absolute Gasteiger partial charge is 0.490 e. The zero-order chi connectivity index (χ0) is 20.2. The smallest absolute Gasteiger partial charge is 0.156 e. The minimum atomic E-state index is 0.136. The van der Waals surface area contributed by atoms with Crippen molar-refractivity contribution in [3.8, 4) is 11.5 Å². The van der Waals surface area contributed by atoms with Crippen molar-refractivity contribution in [3.63, 3.8) is 0 Å². The molecule has 8 heteroatoms. The van der Waals surface area contributed by atoms with Crippen molar-refractivity contribution in [3.05, 3.63) is 32.7 Å². The first-order chi connectivity index (χ1) is 12.8. The maximum Gasteiger partial charge on any atom is 0.156 e. The third-order valence-electron chi connectivity index (χ3n) is 3.26. The molecule has 0 saturated heterocycles. The van der Waals surface area contributed by atoms with E-state index in [4.69, 9.17) is 60.7 Å². The minimum absolute atomic E-state index is 0.136. The molecule has 0 aliphatic rings. The third kappa shape index (κ3) is 10.9. The van der Waals surface area contributed by atoms with Gasteiger partial charge in [0.05, 0.1) is 22.4 Å². The summed E-state index contributed by atoms with van der Waals surface area (Å²) >= 11 is 23.5. The molecule has 27 heavy (non-hydrogen) atoms. The molecule has 0 unspecified atom stereocenters. The van der Waals surface area contributed by atoms with Crippen molar-refractivity contribution in [2.24, 2.45) is 11.1 Å². The summed E-state index contributed by atoms with van der Waals surface area (Å²) in [5.74, 6) is 1.51. The van der Waals surface area contributed by atoms with Gasteiger partial charge in [0.15, 0.2) is 5.75 Å². The van der Waals surface area contributed by atoms with Crippen LogP contribution in [0, 0.1) is 5.92 Å². The van der Waals surface area contributed by atoms with Crippen molar-refractivity contribution in [2.75, 3.05) is 19.8 Å². The van der Waals surface area contributed by atoms with Crippen LogP contribution < -0.4 is 9.47 Å². The van der Waals surface area contributed by atoms with Gasteiger partial charge in [0.1, 0.15) is 23.5 Å². The van der Waals surface area contributed by atoms with Crippen LogP contribution >= 0.6 is 46.4 Å². The van der Waals surface area contributed by atoms with Gasteiger partial charge in [-0.25, -0.2) is 0 Å². The topological polar surface area (TPSA) is 40.0 Å². The fourth-order valence-electron chi connectivity index (χ4n) is 2.19. The van der Waals surface area contributed by atoms with Crippen molar-refractivity contribution in [2.45, 2.75) is 40.0 Å². The molecule has 152 valence electrons. The molecule has 0 amide bonds. The molecule has 0 N–H and O–H groups in total. The average Bonchev–Trinajstić information content (AvgIpc) is 2.55. The van der Waals surface area contributed by atoms with Gasteiger partial charge in [-0.3, -0.25) is 0 Å². The quantitative estimate of drug-likeness (QED) is 0.188. The molecule has 4 nitrogen and oxygen atoms in total. The zero-order valence-electron chi connectivity index (χ0n) is 15.7. The first-order valence-electron chi connectivity index (χ1n) is 8.70. The Morgan fingerprint density at radius 2 is 1.70 bits per heavy atom. The molecular formula is C19H25Cl4NO3. The molecule has 0 aromatic heterocycles. The van der Waals surface area contributed by atoms with Crippen LogP contribution in [-0.2, 0) is 4.84 Å². The lowest BCUT2D eigenvalue weighted by Crippen LogP contribution is -2.02. The van der Waals surface area contributed by atoms with Gasteiger partial charge in [-0.05, 0) is 38.2 Å². The summed E-state index contributed by atoms with van der Waals surface area (Å²) in [5, 5.41) is 4.85. The van der Waals surface area contributed by atoms with Gasteiger partial charge in [-0.1, -0.05) is 65.4 Å². The van der Waals surface area contributed by atoms with Crippen molar-refractivity contribution >= 4 is 52.1 Å². The molecule has 1 aromatic rings. The van der Waals surface area contributed by atoms with Gasteiger partial charge in [0, 0.05) is 12.1 Å². The SMILES string of the molecule is C/C(CC(C)C)=N\OCCCCOc1c(Cl)cc(OCC=C(Cl)Cl)cc1Cl. The normalized spacial score (nSPS) is 11.5. The molecule has 0 radical (unpaired) electrons. The highest BCUT2D eigenvalue weighted by atomic mass is 35.5. The number of halogens is 4. The molecule has 1 aromatic carbocycles. The van der Waals surface area contributed by atoms with Crippen molar-refractivity contribution in [1.29, 1.82) is 0 Å². The summed E-state index contributed by atoms with van der Waals surface area (Å²) in [6.45, 7) is 7.51. The average molecular weight is 457 g/mol. The maximum atomic E-state index is 6.22. The van der Waals surface area contributed by atoms with Crippen LogP contribution in [0.2, 0.25) is 10.0 Å². The van der Waals surface area contributed by atoms with Gasteiger partial charge in [0.25, 0.3) is 0 Å². The second kappa shape index (κ2) is 13.4. The van der Waals surface area contributed by atoms with Crippen LogP contribution in [0.1, 0.15) is 40.0 Å². The summed E-state index contributed by atoms with van der Waals surface area (Å²) < 4.78 is 11.3. The highest BCUT2D eigenvalue weighted by Gasteiger charge is 2.10. The summed E-state index contributed by atoms with van der Waals surface area (Å²) in [6.07, 6.45) is 4.07. The van der Waals surface area contributed by atoms with Crippen molar-refractivity contribution in [1.82, 2.24) is 0 Å². The number of unbranched alkanes of at least 4 members (excludes halogenated alkanes) is 1. The Labute approximate surface area is 181 Å². The number of hydrogen-bond acceptors (Lipinski definition) is 4. The maximum absolute atomic E-state index is 6.22. The van der Waals surface area contributed by atoms with E-state index in [-0.39, 0.29) is 11.1 Å². The molecule has 0 heterocycles. The number of nitrogens with zero attached hydrogens (tertiary/aromatic N) is 1. The molecule has 0 bridgehead atoms. The first-order valence-corrected chi connectivity index (χ1v) is 10.2. The summed E-state index contributed by atoms with van der Waals surface area (Å²) in [4.78, 5) is 5.31. The lowest BCUT2D eigenvalue weighted by molar-refractivity contribution is 0.134. The summed E-state index contributed by atoms with van der Waals surface area (Å²) in [7, 11) is 0. The standard InChI is InChI=1S/C19H25Cl4NO3/c1-13(2)10-14(3)24-27-8-5-4-7-26-19-16(20)11-15(12-17(19)21)25-9-6-18(22)23/h6,11-13H,4-5,7-10H2,1-3H3/b24-14+. The number of rotatable bonds is 12. The van der Waals surface area contributed by atoms with E-state index in [9.17, 15) is 0 Å². The summed E-state index contributed by atoms with van der Waals surface area (Å²) in [6, 6.07) is 3.27. The predicted molar refractivity (Wildman–Crippen MR) is 115 cm³/mol. The summed E-state index contributed by atoms with van der Waals surface area (Å²) in [5.41, 5.74) is 1.01. The van der Waals surface area contributed by atoms with Crippen molar-refractivity contribution < 1.29 is 14.3 Å². The fraction of sp³-hybridized carbons (Fsp3) is 0.526. The highest BCUT2D eigenvalue weighted by Crippen LogP contribution is 2.37. The molecule has 0 fully saturated rings. The molecule has 1 rings (SSSR count). The molecule has 0 saturated carbocycles. The number of ether oxygens (including phenoxy) is 2. The van der Waals surface area contributed by atoms with E-state index >= 15 is 0 Å². The number of hydrogen-bond donors (Lipinski definition) is 0. The van der Waals surface area contributed by atoms with E-state index in [0.29, 0.717) is 40.7 Å².